The van der Waals surface area contributed by atoms with Gasteiger partial charge in [-0.1, -0.05) is 0 Å². The third-order valence-electron chi connectivity index (χ3n) is 1.31. The molecule has 0 amide bonds. The van der Waals surface area contributed by atoms with Gasteiger partial charge in [-0.2, -0.15) is 0 Å². The molecule has 0 bridgehead atoms. The van der Waals surface area contributed by atoms with Gasteiger partial charge in [0, 0.05) is 6.54 Å². The van der Waals surface area contributed by atoms with Crippen molar-refractivity contribution in [3.05, 3.63) is 16.1 Å². The van der Waals surface area contributed by atoms with E-state index < -0.39 is 6.10 Å². The summed E-state index contributed by atoms with van der Waals surface area (Å²) in [6.07, 6.45) is -0.535. The molecule has 64 valence electrons. The second-order valence-corrected chi connectivity index (χ2v) is 2.94. The van der Waals surface area contributed by atoms with Crippen LogP contribution >= 0.6 is 23.7 Å². The van der Waals surface area contributed by atoms with E-state index in [1.54, 1.807) is 5.51 Å². The van der Waals surface area contributed by atoms with E-state index in [0.29, 0.717) is 0 Å². The molecule has 1 aromatic heterocycles. The maximum absolute atomic E-state index is 9.24. The average Bonchev–Trinajstić information content (AvgIpc) is 2.34. The van der Waals surface area contributed by atoms with E-state index in [9.17, 15) is 5.11 Å². The Hall–Kier alpha value is -0.160. The third kappa shape index (κ3) is 2.41. The van der Waals surface area contributed by atoms with Crippen LogP contribution in [0.15, 0.2) is 5.51 Å². The average molecular weight is 195 g/mol. The van der Waals surface area contributed by atoms with Crippen LogP contribution in [0.5, 0.6) is 0 Å². The normalized spacial score (nSPS) is 12.3. The van der Waals surface area contributed by atoms with Crippen LogP contribution in [0.3, 0.4) is 0 Å². The molecule has 0 aliphatic carbocycles. The van der Waals surface area contributed by atoms with Crippen molar-refractivity contribution in [3.8, 4) is 0 Å². The van der Waals surface area contributed by atoms with Gasteiger partial charge in [-0.25, -0.2) is 4.98 Å². The van der Waals surface area contributed by atoms with Crippen LogP contribution in [-0.4, -0.2) is 16.6 Å². The highest BCUT2D eigenvalue weighted by molar-refractivity contribution is 7.09. The highest BCUT2D eigenvalue weighted by atomic mass is 35.5. The van der Waals surface area contributed by atoms with E-state index in [0.717, 1.165) is 10.6 Å². The van der Waals surface area contributed by atoms with Crippen molar-refractivity contribution in [3.63, 3.8) is 0 Å². The van der Waals surface area contributed by atoms with Gasteiger partial charge in [0.15, 0.2) is 0 Å². The molecular formula is C6H11ClN2OS. The summed E-state index contributed by atoms with van der Waals surface area (Å²) in [5.41, 5.74) is 7.85. The number of rotatable bonds is 2. The fourth-order valence-electron chi connectivity index (χ4n) is 0.738. The first-order valence-corrected chi connectivity index (χ1v) is 3.91. The standard InChI is InChI=1S/C6H10N2OS.ClH/c1-4-6(5(9)2-7)10-3-8-4;/h3,5,9H,2,7H2,1H3;1H/t5-;/m1./s1. The number of hydrogen-bond donors (Lipinski definition) is 2. The van der Waals surface area contributed by atoms with E-state index in [2.05, 4.69) is 4.98 Å². The first kappa shape index (κ1) is 10.8. The smallest absolute Gasteiger partial charge is 0.102 e. The largest absolute Gasteiger partial charge is 0.386 e. The predicted molar refractivity (Wildman–Crippen MR) is 48.1 cm³/mol. The maximum atomic E-state index is 9.24. The molecular weight excluding hydrogens is 184 g/mol. The van der Waals surface area contributed by atoms with Crippen LogP contribution in [0.1, 0.15) is 16.7 Å². The Kier molecular flexibility index (Phi) is 4.60. The van der Waals surface area contributed by atoms with Crippen LogP contribution in [-0.2, 0) is 0 Å². The van der Waals surface area contributed by atoms with Crippen molar-refractivity contribution in [2.75, 3.05) is 6.54 Å². The molecule has 0 aliphatic rings. The lowest BCUT2D eigenvalue weighted by molar-refractivity contribution is 0.189. The fourth-order valence-corrected chi connectivity index (χ4v) is 1.54. The van der Waals surface area contributed by atoms with Crippen molar-refractivity contribution in [2.24, 2.45) is 5.73 Å². The number of nitrogens with two attached hydrogens (primary N) is 1. The second kappa shape index (κ2) is 4.66. The number of thiazole rings is 1. The SMILES string of the molecule is Cc1ncsc1[C@H](O)CN.Cl. The van der Waals surface area contributed by atoms with Crippen LogP contribution in [0.2, 0.25) is 0 Å². The lowest BCUT2D eigenvalue weighted by Crippen LogP contribution is -2.10. The Morgan fingerprint density at radius 3 is 2.82 bits per heavy atom. The van der Waals surface area contributed by atoms with Crippen molar-refractivity contribution in [1.82, 2.24) is 4.98 Å². The number of hydrogen-bond acceptors (Lipinski definition) is 4. The molecule has 0 spiro atoms. The quantitative estimate of drug-likeness (QED) is 0.735. The Morgan fingerprint density at radius 1 is 1.82 bits per heavy atom. The fraction of sp³-hybridized carbons (Fsp3) is 0.500. The van der Waals surface area contributed by atoms with Crippen LogP contribution in [0, 0.1) is 6.92 Å². The van der Waals surface area contributed by atoms with E-state index in [-0.39, 0.29) is 19.0 Å². The minimum absolute atomic E-state index is 0. The highest BCUT2D eigenvalue weighted by Gasteiger charge is 2.09. The molecule has 0 radical (unpaired) electrons. The van der Waals surface area contributed by atoms with Gasteiger partial charge in [-0.3, -0.25) is 0 Å². The Morgan fingerprint density at radius 2 is 2.45 bits per heavy atom. The van der Waals surface area contributed by atoms with E-state index in [1.807, 2.05) is 6.92 Å². The molecule has 1 atom stereocenters. The number of aromatic nitrogens is 1. The molecule has 0 saturated heterocycles. The molecule has 11 heavy (non-hydrogen) atoms. The van der Waals surface area contributed by atoms with Crippen LogP contribution in [0.25, 0.3) is 0 Å². The zero-order valence-electron chi connectivity index (χ0n) is 6.15. The zero-order chi connectivity index (χ0) is 7.56. The Labute approximate surface area is 75.7 Å². The van der Waals surface area contributed by atoms with Crippen molar-refractivity contribution >= 4 is 23.7 Å². The van der Waals surface area contributed by atoms with Gasteiger partial charge in [0.2, 0.25) is 0 Å². The molecule has 5 heteroatoms. The molecule has 3 N–H and O–H groups in total. The third-order valence-corrected chi connectivity index (χ3v) is 2.34. The predicted octanol–water partition coefficient (Wildman–Crippen LogP) is 0.865. The minimum Gasteiger partial charge on any atom is -0.386 e. The number of aliphatic hydroxyl groups is 1. The van der Waals surface area contributed by atoms with Gasteiger partial charge in [0.1, 0.15) is 6.10 Å². The Balaban J connectivity index is 0.000001000. The van der Waals surface area contributed by atoms with Crippen LogP contribution in [0.4, 0.5) is 0 Å². The van der Waals surface area contributed by atoms with Crippen molar-refractivity contribution in [2.45, 2.75) is 13.0 Å². The molecule has 0 fully saturated rings. The Bertz CT molecular complexity index is 216. The van der Waals surface area contributed by atoms with Crippen molar-refractivity contribution < 1.29 is 5.11 Å². The molecule has 0 saturated carbocycles. The summed E-state index contributed by atoms with van der Waals surface area (Å²) in [6.45, 7) is 2.13. The van der Waals surface area contributed by atoms with Gasteiger partial charge in [0.05, 0.1) is 16.1 Å². The monoisotopic (exact) mass is 194 g/mol. The first-order chi connectivity index (χ1) is 4.75. The maximum Gasteiger partial charge on any atom is 0.102 e. The van der Waals surface area contributed by atoms with E-state index in [1.165, 1.54) is 11.3 Å². The molecule has 1 aromatic rings. The lowest BCUT2D eigenvalue weighted by Gasteiger charge is -2.03. The lowest BCUT2D eigenvalue weighted by atomic mass is 10.2. The number of nitrogens with zero attached hydrogens (tertiary/aromatic N) is 1. The summed E-state index contributed by atoms with van der Waals surface area (Å²) >= 11 is 1.44. The zero-order valence-corrected chi connectivity index (χ0v) is 7.78. The van der Waals surface area contributed by atoms with Gasteiger partial charge in [-0.15, -0.1) is 23.7 Å². The van der Waals surface area contributed by atoms with Crippen LogP contribution < -0.4 is 5.73 Å². The molecule has 3 nitrogen and oxygen atoms in total. The summed E-state index contributed by atoms with van der Waals surface area (Å²) in [4.78, 5) is 4.87. The van der Waals surface area contributed by atoms with Gasteiger partial charge >= 0.3 is 0 Å². The summed E-state index contributed by atoms with van der Waals surface area (Å²) < 4.78 is 0. The van der Waals surface area contributed by atoms with Gasteiger partial charge < -0.3 is 10.8 Å². The molecule has 1 rings (SSSR count). The minimum atomic E-state index is -0.535. The van der Waals surface area contributed by atoms with E-state index in [4.69, 9.17) is 5.73 Å². The van der Waals surface area contributed by atoms with Gasteiger partial charge in [-0.05, 0) is 6.92 Å². The van der Waals surface area contributed by atoms with Crippen molar-refractivity contribution in [1.29, 1.82) is 0 Å². The first-order valence-electron chi connectivity index (χ1n) is 3.04. The number of aliphatic hydroxyl groups excluding tert-OH is 1. The summed E-state index contributed by atoms with van der Waals surface area (Å²) in [6, 6.07) is 0. The molecule has 1 heterocycles. The van der Waals surface area contributed by atoms with E-state index >= 15 is 0 Å². The molecule has 0 unspecified atom stereocenters. The summed E-state index contributed by atoms with van der Waals surface area (Å²) in [5, 5.41) is 9.24. The summed E-state index contributed by atoms with van der Waals surface area (Å²) in [5.74, 6) is 0. The topological polar surface area (TPSA) is 59.1 Å². The summed E-state index contributed by atoms with van der Waals surface area (Å²) in [7, 11) is 0. The second-order valence-electron chi connectivity index (χ2n) is 2.05. The van der Waals surface area contributed by atoms with Gasteiger partial charge in [0.25, 0.3) is 0 Å². The highest BCUT2D eigenvalue weighted by Crippen LogP contribution is 2.19. The number of halogens is 1. The molecule has 0 aromatic carbocycles. The molecule has 0 aliphatic heterocycles. The number of aryl methyl sites for hydroxylation is 1.